The molecule has 0 aromatic heterocycles. The molecule has 0 aliphatic carbocycles. The number of rotatable bonds is 7. The Labute approximate surface area is 106 Å². The van der Waals surface area contributed by atoms with E-state index in [1.54, 1.807) is 14.2 Å². The van der Waals surface area contributed by atoms with Crippen LogP contribution < -0.4 is 5.19 Å². The molecule has 1 aromatic carbocycles. The summed E-state index contributed by atoms with van der Waals surface area (Å²) in [5.41, 5.74) is 0. The zero-order valence-corrected chi connectivity index (χ0v) is 12.2. The van der Waals surface area contributed by atoms with Gasteiger partial charge in [0.15, 0.2) is 0 Å². The minimum atomic E-state index is -2.68. The van der Waals surface area contributed by atoms with Gasteiger partial charge in [-0.1, -0.05) is 46.3 Å². The summed E-state index contributed by atoms with van der Waals surface area (Å²) in [6, 6.07) is 9.85. The van der Waals surface area contributed by atoms with Gasteiger partial charge in [0.25, 0.3) is 0 Å². The van der Waals surface area contributed by atoms with Crippen LogP contribution in [0.3, 0.4) is 0 Å². The maximum Gasteiger partial charge on any atom is 0.536 e. The van der Waals surface area contributed by atoms with Gasteiger partial charge in [0.1, 0.15) is 0 Å². The van der Waals surface area contributed by atoms with E-state index in [4.69, 9.17) is 13.3 Å². The first-order valence-corrected chi connectivity index (χ1v) is 7.99. The lowest BCUT2D eigenvalue weighted by Gasteiger charge is -2.26. The number of alkyl halides is 1. The van der Waals surface area contributed by atoms with Gasteiger partial charge in [0.2, 0.25) is 0 Å². The molecule has 0 radical (unpaired) electrons. The van der Waals surface area contributed by atoms with Crippen LogP contribution in [0.1, 0.15) is 6.42 Å². The molecule has 0 saturated heterocycles. The second-order valence-electron chi connectivity index (χ2n) is 3.22. The Bertz CT molecular complexity index is 291. The first-order valence-electron chi connectivity index (χ1n) is 5.15. The Kier molecular flexibility index (Phi) is 6.23. The lowest BCUT2D eigenvalue weighted by molar-refractivity contribution is 0.114. The van der Waals surface area contributed by atoms with Crippen LogP contribution in [0, 0.1) is 0 Å². The van der Waals surface area contributed by atoms with Crippen molar-refractivity contribution in [2.75, 3.05) is 26.2 Å². The SMILES string of the molecule is CO[Si](OC)(OCCCBr)c1ccccc1. The summed E-state index contributed by atoms with van der Waals surface area (Å²) in [7, 11) is 0.594. The minimum Gasteiger partial charge on any atom is -0.373 e. The summed E-state index contributed by atoms with van der Waals surface area (Å²) in [6.45, 7) is 0.633. The summed E-state index contributed by atoms with van der Waals surface area (Å²) in [5, 5.41) is 1.91. The Morgan fingerprint density at radius 2 is 1.75 bits per heavy atom. The van der Waals surface area contributed by atoms with Gasteiger partial charge < -0.3 is 13.3 Å². The molecule has 0 unspecified atom stereocenters. The highest BCUT2D eigenvalue weighted by atomic mass is 79.9. The Hall–Kier alpha value is -0.203. The zero-order valence-electron chi connectivity index (χ0n) is 9.61. The van der Waals surface area contributed by atoms with E-state index in [-0.39, 0.29) is 0 Å². The van der Waals surface area contributed by atoms with Crippen molar-refractivity contribution in [1.29, 1.82) is 0 Å². The molecule has 5 heteroatoms. The third-order valence-corrected chi connectivity index (χ3v) is 5.50. The van der Waals surface area contributed by atoms with Gasteiger partial charge in [0, 0.05) is 31.3 Å². The lowest BCUT2D eigenvalue weighted by Crippen LogP contribution is -2.55. The van der Waals surface area contributed by atoms with E-state index in [9.17, 15) is 0 Å². The first-order chi connectivity index (χ1) is 7.79. The molecule has 0 atom stereocenters. The maximum atomic E-state index is 5.82. The van der Waals surface area contributed by atoms with Crippen molar-refractivity contribution in [3.8, 4) is 0 Å². The standard InChI is InChI=1S/C11H17BrO3Si/c1-13-16(14-2,15-10-6-9-12)11-7-4-3-5-8-11/h3-5,7-8H,6,9-10H2,1-2H3. The van der Waals surface area contributed by atoms with E-state index >= 15 is 0 Å². The Morgan fingerprint density at radius 1 is 1.12 bits per heavy atom. The minimum absolute atomic E-state index is 0.633. The Morgan fingerprint density at radius 3 is 2.25 bits per heavy atom. The van der Waals surface area contributed by atoms with Crippen molar-refractivity contribution in [3.05, 3.63) is 30.3 Å². The number of hydrogen-bond acceptors (Lipinski definition) is 3. The van der Waals surface area contributed by atoms with Crippen molar-refractivity contribution < 1.29 is 13.3 Å². The van der Waals surface area contributed by atoms with Gasteiger partial charge in [-0.05, 0) is 6.42 Å². The van der Waals surface area contributed by atoms with Gasteiger partial charge in [-0.2, -0.15) is 0 Å². The van der Waals surface area contributed by atoms with Gasteiger partial charge in [-0.3, -0.25) is 0 Å². The van der Waals surface area contributed by atoms with Crippen molar-refractivity contribution in [1.82, 2.24) is 0 Å². The van der Waals surface area contributed by atoms with Gasteiger partial charge in [-0.25, -0.2) is 0 Å². The predicted molar refractivity (Wildman–Crippen MR) is 70.2 cm³/mol. The lowest BCUT2D eigenvalue weighted by atomic mass is 10.4. The van der Waals surface area contributed by atoms with Crippen molar-refractivity contribution in [2.45, 2.75) is 6.42 Å². The normalized spacial score (nSPS) is 11.7. The van der Waals surface area contributed by atoms with E-state index in [1.807, 2.05) is 30.3 Å². The average molecular weight is 305 g/mol. The van der Waals surface area contributed by atoms with Gasteiger partial charge in [-0.15, -0.1) is 0 Å². The molecule has 16 heavy (non-hydrogen) atoms. The number of benzene rings is 1. The largest absolute Gasteiger partial charge is 0.536 e. The number of halogens is 1. The molecule has 0 fully saturated rings. The van der Waals surface area contributed by atoms with Crippen molar-refractivity contribution in [3.63, 3.8) is 0 Å². The smallest absolute Gasteiger partial charge is 0.373 e. The molecule has 0 aliphatic heterocycles. The molecule has 0 N–H and O–H groups in total. The fourth-order valence-electron chi connectivity index (χ4n) is 1.42. The van der Waals surface area contributed by atoms with Gasteiger partial charge in [0.05, 0.1) is 0 Å². The topological polar surface area (TPSA) is 27.7 Å². The second-order valence-corrected chi connectivity index (χ2v) is 6.81. The average Bonchev–Trinajstić information content (AvgIpc) is 2.36. The molecule has 0 bridgehead atoms. The summed E-state index contributed by atoms with van der Waals surface area (Å²) < 4.78 is 16.8. The second kappa shape index (κ2) is 7.19. The van der Waals surface area contributed by atoms with Crippen LogP contribution in [0.15, 0.2) is 30.3 Å². The molecule has 90 valence electrons. The van der Waals surface area contributed by atoms with E-state index < -0.39 is 8.80 Å². The fraction of sp³-hybridized carbons (Fsp3) is 0.455. The Balaban J connectivity index is 2.79. The third kappa shape index (κ3) is 3.40. The zero-order chi connectivity index (χ0) is 11.9. The maximum absolute atomic E-state index is 5.82. The van der Waals surface area contributed by atoms with E-state index in [0.717, 1.165) is 16.9 Å². The molecule has 0 aliphatic rings. The van der Waals surface area contributed by atoms with Crippen LogP contribution in [0.5, 0.6) is 0 Å². The van der Waals surface area contributed by atoms with Crippen LogP contribution in [0.4, 0.5) is 0 Å². The highest BCUT2D eigenvalue weighted by Crippen LogP contribution is 2.09. The van der Waals surface area contributed by atoms with Crippen LogP contribution in [0.25, 0.3) is 0 Å². The van der Waals surface area contributed by atoms with E-state index in [2.05, 4.69) is 15.9 Å². The fourth-order valence-corrected chi connectivity index (χ4v) is 3.71. The van der Waals surface area contributed by atoms with E-state index in [1.165, 1.54) is 0 Å². The summed E-state index contributed by atoms with van der Waals surface area (Å²) in [6.07, 6.45) is 0.939. The van der Waals surface area contributed by atoms with E-state index in [0.29, 0.717) is 6.61 Å². The first kappa shape index (κ1) is 13.9. The molecule has 1 rings (SSSR count). The highest BCUT2D eigenvalue weighted by Gasteiger charge is 2.41. The summed E-state index contributed by atoms with van der Waals surface area (Å²) in [4.78, 5) is 0. The van der Waals surface area contributed by atoms with Crippen LogP contribution >= 0.6 is 15.9 Å². The molecule has 0 saturated carbocycles. The van der Waals surface area contributed by atoms with Crippen LogP contribution in [-0.2, 0) is 13.3 Å². The summed E-state index contributed by atoms with van der Waals surface area (Å²) >= 11 is 3.37. The predicted octanol–water partition coefficient (Wildman–Crippen LogP) is 1.93. The van der Waals surface area contributed by atoms with Crippen molar-refractivity contribution >= 4 is 29.9 Å². The summed E-state index contributed by atoms with van der Waals surface area (Å²) in [5.74, 6) is 0. The molecule has 0 heterocycles. The molecule has 1 aromatic rings. The third-order valence-electron chi connectivity index (χ3n) is 2.23. The molecular formula is C11H17BrO3Si. The van der Waals surface area contributed by atoms with Crippen molar-refractivity contribution in [2.24, 2.45) is 0 Å². The molecular weight excluding hydrogens is 288 g/mol. The molecule has 0 spiro atoms. The van der Waals surface area contributed by atoms with Gasteiger partial charge >= 0.3 is 8.80 Å². The van der Waals surface area contributed by atoms with Crippen LogP contribution in [-0.4, -0.2) is 35.0 Å². The molecule has 3 nitrogen and oxygen atoms in total. The quantitative estimate of drug-likeness (QED) is 0.438. The molecule has 0 amide bonds. The number of hydrogen-bond donors (Lipinski definition) is 0. The monoisotopic (exact) mass is 304 g/mol. The highest BCUT2D eigenvalue weighted by molar-refractivity contribution is 9.09. The van der Waals surface area contributed by atoms with Crippen LogP contribution in [0.2, 0.25) is 0 Å².